The maximum absolute atomic E-state index is 13.1. The third kappa shape index (κ3) is 4.80. The lowest BCUT2D eigenvalue weighted by atomic mass is 10.1. The van der Waals surface area contributed by atoms with E-state index in [4.69, 9.17) is 9.47 Å². The highest BCUT2D eigenvalue weighted by molar-refractivity contribution is 7.13. The van der Waals surface area contributed by atoms with Gasteiger partial charge in [-0.3, -0.25) is 14.6 Å². The summed E-state index contributed by atoms with van der Waals surface area (Å²) < 4.78 is 12.0. The van der Waals surface area contributed by atoms with Gasteiger partial charge in [0.25, 0.3) is 11.5 Å². The number of anilines is 1. The van der Waals surface area contributed by atoms with Crippen molar-refractivity contribution in [3.05, 3.63) is 69.5 Å². The van der Waals surface area contributed by atoms with Crippen molar-refractivity contribution < 1.29 is 14.3 Å². The molecule has 4 rings (SSSR count). The van der Waals surface area contributed by atoms with Gasteiger partial charge in [-0.25, -0.2) is 4.98 Å². The maximum Gasteiger partial charge on any atom is 0.260 e. The second-order valence-corrected chi connectivity index (χ2v) is 8.08. The summed E-state index contributed by atoms with van der Waals surface area (Å²) in [7, 11) is 3.03. The highest BCUT2D eigenvalue weighted by Gasteiger charge is 2.19. The summed E-state index contributed by atoms with van der Waals surface area (Å²) in [5.41, 5.74) is 1.33. The number of rotatable bonds is 8. The fourth-order valence-corrected chi connectivity index (χ4v) is 4.01. The van der Waals surface area contributed by atoms with Crippen molar-refractivity contribution in [2.45, 2.75) is 19.8 Å². The molecule has 33 heavy (non-hydrogen) atoms. The van der Waals surface area contributed by atoms with E-state index >= 15 is 0 Å². The summed E-state index contributed by atoms with van der Waals surface area (Å²) >= 11 is 1.52. The Kier molecular flexibility index (Phi) is 6.55. The minimum atomic E-state index is -0.402. The molecule has 0 aliphatic rings. The molecule has 3 heterocycles. The number of thiophene rings is 1. The fraction of sp³-hybridized carbons (Fsp3) is 0.217. The number of nitrogens with one attached hydrogen (secondary N) is 2. The first-order chi connectivity index (χ1) is 16.0. The third-order valence-electron chi connectivity index (χ3n) is 4.87. The summed E-state index contributed by atoms with van der Waals surface area (Å²) in [4.78, 5) is 33.6. The number of amides is 1. The van der Waals surface area contributed by atoms with Crippen molar-refractivity contribution >= 4 is 23.1 Å². The Bertz CT molecular complexity index is 1330. The van der Waals surface area contributed by atoms with Crippen LogP contribution in [0.4, 0.5) is 5.82 Å². The normalized spacial score (nSPS) is 10.8. The van der Waals surface area contributed by atoms with E-state index in [1.165, 1.54) is 29.2 Å². The molecule has 0 spiro atoms. The number of ether oxygens (including phenoxy) is 2. The minimum absolute atomic E-state index is 0.228. The van der Waals surface area contributed by atoms with Crippen molar-refractivity contribution in [2.75, 3.05) is 19.5 Å². The Hall–Kier alpha value is -3.92. The molecule has 170 valence electrons. The van der Waals surface area contributed by atoms with E-state index < -0.39 is 5.91 Å². The zero-order valence-corrected chi connectivity index (χ0v) is 19.2. The largest absolute Gasteiger partial charge is 0.497 e. The van der Waals surface area contributed by atoms with Gasteiger partial charge in [0.15, 0.2) is 0 Å². The molecule has 2 N–H and O–H groups in total. The first-order valence-corrected chi connectivity index (χ1v) is 11.2. The van der Waals surface area contributed by atoms with Crippen molar-refractivity contribution in [1.29, 1.82) is 0 Å². The van der Waals surface area contributed by atoms with Crippen molar-refractivity contribution in [3.8, 4) is 28.0 Å². The number of H-pyrrole nitrogens is 1. The lowest BCUT2D eigenvalue weighted by Crippen LogP contribution is -2.19. The van der Waals surface area contributed by atoms with Crippen LogP contribution in [-0.4, -0.2) is 39.9 Å². The first-order valence-electron chi connectivity index (χ1n) is 10.3. The van der Waals surface area contributed by atoms with Crippen LogP contribution in [0.1, 0.15) is 29.4 Å². The SMILES string of the molecule is CCCc1cc(=O)[nH]c(-n2nc(-c3cccs3)cc2NC(=O)c2ccc(OC)cc2OC)n1. The van der Waals surface area contributed by atoms with E-state index in [-0.39, 0.29) is 11.5 Å². The molecule has 3 aromatic heterocycles. The number of nitrogens with zero attached hydrogens (tertiary/aromatic N) is 3. The molecule has 1 amide bonds. The van der Waals surface area contributed by atoms with Crippen LogP contribution in [0.2, 0.25) is 0 Å². The number of carbonyl (C=O) groups is 1. The van der Waals surface area contributed by atoms with Crippen LogP contribution < -0.4 is 20.3 Å². The molecule has 10 heteroatoms. The highest BCUT2D eigenvalue weighted by Crippen LogP contribution is 2.29. The molecule has 4 aromatic rings. The average molecular weight is 466 g/mol. The van der Waals surface area contributed by atoms with Crippen LogP contribution in [0.3, 0.4) is 0 Å². The first kappa shape index (κ1) is 22.3. The molecular weight excluding hydrogens is 442 g/mol. The minimum Gasteiger partial charge on any atom is -0.497 e. The number of aryl methyl sites for hydroxylation is 1. The van der Waals surface area contributed by atoms with Crippen LogP contribution >= 0.6 is 11.3 Å². The number of aromatic amines is 1. The van der Waals surface area contributed by atoms with Gasteiger partial charge < -0.3 is 14.8 Å². The van der Waals surface area contributed by atoms with E-state index in [0.717, 1.165) is 11.3 Å². The zero-order valence-electron chi connectivity index (χ0n) is 18.4. The number of hydrogen-bond acceptors (Lipinski definition) is 7. The molecule has 0 saturated carbocycles. The maximum atomic E-state index is 13.1. The van der Waals surface area contributed by atoms with Crippen molar-refractivity contribution in [1.82, 2.24) is 19.7 Å². The quantitative estimate of drug-likeness (QED) is 0.408. The number of methoxy groups -OCH3 is 2. The van der Waals surface area contributed by atoms with Crippen LogP contribution in [0.5, 0.6) is 11.5 Å². The molecule has 0 aliphatic carbocycles. The number of carbonyl (C=O) groups excluding carboxylic acids is 1. The van der Waals surface area contributed by atoms with Gasteiger partial charge in [-0.15, -0.1) is 11.3 Å². The number of benzene rings is 1. The topological polar surface area (TPSA) is 111 Å². The van der Waals surface area contributed by atoms with Gasteiger partial charge in [-0.05, 0) is 30.0 Å². The summed E-state index contributed by atoms with van der Waals surface area (Å²) in [5.74, 6) is 1.13. The predicted molar refractivity (Wildman–Crippen MR) is 127 cm³/mol. The average Bonchev–Trinajstić information content (AvgIpc) is 3.48. The molecule has 0 unspecified atom stereocenters. The summed E-state index contributed by atoms with van der Waals surface area (Å²) in [6, 6.07) is 12.0. The van der Waals surface area contributed by atoms with Crippen molar-refractivity contribution in [2.24, 2.45) is 0 Å². The Morgan fingerprint density at radius 1 is 1.18 bits per heavy atom. The smallest absolute Gasteiger partial charge is 0.260 e. The van der Waals surface area contributed by atoms with Gasteiger partial charge in [-0.1, -0.05) is 19.4 Å². The molecule has 1 aromatic carbocycles. The van der Waals surface area contributed by atoms with Gasteiger partial charge in [0.1, 0.15) is 23.0 Å². The van der Waals surface area contributed by atoms with E-state index in [2.05, 4.69) is 20.4 Å². The van der Waals surface area contributed by atoms with Gasteiger partial charge in [0.05, 0.1) is 24.7 Å². The molecule has 0 saturated heterocycles. The molecule has 9 nitrogen and oxygen atoms in total. The molecule has 0 fully saturated rings. The van der Waals surface area contributed by atoms with Crippen LogP contribution in [0, 0.1) is 0 Å². The number of aromatic nitrogens is 4. The van der Waals surface area contributed by atoms with Gasteiger partial charge >= 0.3 is 0 Å². The molecule has 0 radical (unpaired) electrons. The van der Waals surface area contributed by atoms with E-state index in [1.54, 1.807) is 31.4 Å². The standard InChI is InChI=1S/C23H23N5O4S/c1-4-6-14-11-21(29)26-23(24-14)28-20(13-17(27-28)19-7-5-10-33-19)25-22(30)16-9-8-15(31-2)12-18(16)32-3/h5,7-13H,4,6H2,1-3H3,(H,25,30)(H,24,26,29). The van der Waals surface area contributed by atoms with E-state index in [9.17, 15) is 9.59 Å². The third-order valence-corrected chi connectivity index (χ3v) is 5.76. The lowest BCUT2D eigenvalue weighted by molar-refractivity contribution is 0.102. The van der Waals surface area contributed by atoms with Gasteiger partial charge in [0, 0.05) is 23.9 Å². The Morgan fingerprint density at radius 2 is 2.03 bits per heavy atom. The summed E-state index contributed by atoms with van der Waals surface area (Å²) in [5, 5.41) is 9.43. The second kappa shape index (κ2) is 9.70. The number of hydrogen-bond donors (Lipinski definition) is 2. The monoisotopic (exact) mass is 465 g/mol. The van der Waals surface area contributed by atoms with Gasteiger partial charge in [0.2, 0.25) is 5.95 Å². The fourth-order valence-electron chi connectivity index (χ4n) is 3.32. The van der Waals surface area contributed by atoms with Gasteiger partial charge in [-0.2, -0.15) is 9.78 Å². The molecule has 0 aliphatic heterocycles. The lowest BCUT2D eigenvalue weighted by Gasteiger charge is -2.12. The Balaban J connectivity index is 1.77. The van der Waals surface area contributed by atoms with Crippen LogP contribution in [0.25, 0.3) is 16.5 Å². The second-order valence-electron chi connectivity index (χ2n) is 7.13. The summed E-state index contributed by atoms with van der Waals surface area (Å²) in [6.45, 7) is 2.01. The Labute approximate surface area is 194 Å². The molecule has 0 bridgehead atoms. The van der Waals surface area contributed by atoms with Crippen LogP contribution in [0.15, 0.2) is 52.6 Å². The van der Waals surface area contributed by atoms with E-state index in [1.807, 2.05) is 24.4 Å². The molecule has 0 atom stereocenters. The van der Waals surface area contributed by atoms with Crippen molar-refractivity contribution in [3.63, 3.8) is 0 Å². The molecular formula is C23H23N5O4S. The Morgan fingerprint density at radius 3 is 2.73 bits per heavy atom. The van der Waals surface area contributed by atoms with Crippen LogP contribution in [-0.2, 0) is 6.42 Å². The zero-order chi connectivity index (χ0) is 23.4. The van der Waals surface area contributed by atoms with E-state index in [0.29, 0.717) is 40.7 Å². The predicted octanol–water partition coefficient (Wildman–Crippen LogP) is 3.91. The summed E-state index contributed by atoms with van der Waals surface area (Å²) in [6.07, 6.45) is 1.50. The highest BCUT2D eigenvalue weighted by atomic mass is 32.1.